The summed E-state index contributed by atoms with van der Waals surface area (Å²) in [5.41, 5.74) is 0. The van der Waals surface area contributed by atoms with Crippen LogP contribution in [-0.4, -0.2) is 30.8 Å². The van der Waals surface area contributed by atoms with Crippen LogP contribution in [-0.2, 0) is 14.6 Å². The van der Waals surface area contributed by atoms with Crippen LogP contribution in [0.3, 0.4) is 0 Å². The topological polar surface area (TPSA) is 76.1 Å². The number of halogens is 1. The molecule has 1 amide bonds. The largest absolute Gasteiger partial charge is 0.310 e. The van der Waals surface area contributed by atoms with Crippen LogP contribution >= 0.6 is 15.9 Å². The molecule has 0 fully saturated rings. The van der Waals surface area contributed by atoms with Gasteiger partial charge in [0.1, 0.15) is 11.6 Å². The third-order valence-electron chi connectivity index (χ3n) is 1.72. The van der Waals surface area contributed by atoms with Gasteiger partial charge in [-0.05, 0) is 28.1 Å². The first-order valence-electron chi connectivity index (χ1n) is 4.66. The average molecular weight is 319 g/mol. The summed E-state index contributed by atoms with van der Waals surface area (Å²) >= 11 is 3.20. The van der Waals surface area contributed by atoms with E-state index in [2.05, 4.69) is 32.8 Å². The molecule has 5 nitrogen and oxygen atoms in total. The number of pyridine rings is 1. The van der Waals surface area contributed by atoms with Crippen molar-refractivity contribution in [3.63, 3.8) is 0 Å². The van der Waals surface area contributed by atoms with Crippen molar-refractivity contribution < 1.29 is 13.2 Å². The first kappa shape index (κ1) is 13.9. The number of aromatic nitrogens is 1. The molecule has 0 atom stereocenters. The number of amides is 1. The lowest BCUT2D eigenvalue weighted by Crippen LogP contribution is -2.24. The SMILES string of the molecule is C=CCS(=O)(=O)CC(=O)Nc1ccc(Br)cn1. The Kier molecular flexibility index (Phi) is 4.83. The lowest BCUT2D eigenvalue weighted by atomic mass is 10.4. The molecule has 0 aliphatic heterocycles. The van der Waals surface area contributed by atoms with Crippen LogP contribution in [0.5, 0.6) is 0 Å². The van der Waals surface area contributed by atoms with Gasteiger partial charge in [0, 0.05) is 10.7 Å². The summed E-state index contributed by atoms with van der Waals surface area (Å²) in [7, 11) is -3.43. The van der Waals surface area contributed by atoms with Crippen LogP contribution in [0.15, 0.2) is 35.5 Å². The third-order valence-corrected chi connectivity index (χ3v) is 3.63. The molecule has 0 aromatic carbocycles. The fourth-order valence-electron chi connectivity index (χ4n) is 1.07. The zero-order valence-corrected chi connectivity index (χ0v) is 11.3. The van der Waals surface area contributed by atoms with Crippen molar-refractivity contribution >= 4 is 37.5 Å². The number of anilines is 1. The summed E-state index contributed by atoms with van der Waals surface area (Å²) in [6, 6.07) is 3.27. The highest BCUT2D eigenvalue weighted by molar-refractivity contribution is 9.10. The number of nitrogens with zero attached hydrogens (tertiary/aromatic N) is 1. The third kappa shape index (κ3) is 5.10. The normalized spacial score (nSPS) is 10.9. The quantitative estimate of drug-likeness (QED) is 0.832. The fraction of sp³-hybridized carbons (Fsp3) is 0.200. The Morgan fingerprint density at radius 1 is 1.53 bits per heavy atom. The van der Waals surface area contributed by atoms with E-state index in [0.717, 1.165) is 4.47 Å². The molecular formula is C10H11BrN2O3S. The number of rotatable bonds is 5. The molecule has 7 heteroatoms. The molecule has 1 rings (SSSR count). The van der Waals surface area contributed by atoms with Crippen molar-refractivity contribution in [2.45, 2.75) is 0 Å². The predicted octanol–water partition coefficient (Wildman–Crippen LogP) is 1.38. The van der Waals surface area contributed by atoms with Crippen LogP contribution in [0.25, 0.3) is 0 Å². The van der Waals surface area contributed by atoms with E-state index < -0.39 is 21.5 Å². The Balaban J connectivity index is 2.61. The van der Waals surface area contributed by atoms with Gasteiger partial charge in [-0.25, -0.2) is 13.4 Å². The molecule has 0 aliphatic rings. The molecule has 0 saturated carbocycles. The minimum absolute atomic E-state index is 0.214. The van der Waals surface area contributed by atoms with Gasteiger partial charge in [-0.1, -0.05) is 6.08 Å². The molecule has 1 aromatic heterocycles. The Labute approximate surface area is 108 Å². The van der Waals surface area contributed by atoms with E-state index in [1.165, 1.54) is 12.3 Å². The summed E-state index contributed by atoms with van der Waals surface area (Å²) in [6.45, 7) is 3.32. The van der Waals surface area contributed by atoms with E-state index in [1.54, 1.807) is 12.1 Å². The van der Waals surface area contributed by atoms with Gasteiger partial charge in [-0.3, -0.25) is 4.79 Å². The summed E-state index contributed by atoms with van der Waals surface area (Å²) in [5.74, 6) is -1.08. The van der Waals surface area contributed by atoms with Gasteiger partial charge in [0.15, 0.2) is 9.84 Å². The van der Waals surface area contributed by atoms with Crippen molar-refractivity contribution in [3.8, 4) is 0 Å². The van der Waals surface area contributed by atoms with Gasteiger partial charge in [0.05, 0.1) is 5.75 Å². The van der Waals surface area contributed by atoms with Crippen LogP contribution in [0, 0.1) is 0 Å². The maximum Gasteiger partial charge on any atom is 0.240 e. The Bertz CT molecular complexity index is 511. The van der Waals surface area contributed by atoms with Crippen molar-refractivity contribution in [3.05, 3.63) is 35.5 Å². The molecule has 1 aromatic rings. The van der Waals surface area contributed by atoms with Gasteiger partial charge in [0.2, 0.25) is 5.91 Å². The highest BCUT2D eigenvalue weighted by atomic mass is 79.9. The van der Waals surface area contributed by atoms with E-state index in [9.17, 15) is 13.2 Å². The van der Waals surface area contributed by atoms with E-state index in [4.69, 9.17) is 0 Å². The first-order chi connectivity index (χ1) is 7.93. The number of nitrogens with one attached hydrogen (secondary N) is 1. The molecule has 0 aliphatic carbocycles. The van der Waals surface area contributed by atoms with E-state index in [-0.39, 0.29) is 5.75 Å². The summed E-state index contributed by atoms with van der Waals surface area (Å²) < 4.78 is 23.4. The maximum absolute atomic E-state index is 11.4. The van der Waals surface area contributed by atoms with E-state index in [0.29, 0.717) is 5.82 Å². The van der Waals surface area contributed by atoms with Gasteiger partial charge in [-0.15, -0.1) is 6.58 Å². The Morgan fingerprint density at radius 3 is 2.76 bits per heavy atom. The molecule has 1 heterocycles. The molecule has 0 bridgehead atoms. The smallest absolute Gasteiger partial charge is 0.240 e. The standard InChI is InChI=1S/C10H11BrN2O3S/c1-2-5-17(15,16)7-10(14)13-9-4-3-8(11)6-12-9/h2-4,6H,1,5,7H2,(H,12,13,14). The zero-order chi connectivity index (χ0) is 12.9. The minimum Gasteiger partial charge on any atom is -0.310 e. The van der Waals surface area contributed by atoms with Gasteiger partial charge < -0.3 is 5.32 Å². The first-order valence-corrected chi connectivity index (χ1v) is 7.27. The molecule has 0 unspecified atom stereocenters. The second-order valence-corrected chi connectivity index (χ2v) is 6.28. The molecule has 17 heavy (non-hydrogen) atoms. The van der Waals surface area contributed by atoms with Crippen molar-refractivity contribution in [2.24, 2.45) is 0 Å². The Morgan fingerprint density at radius 2 is 2.24 bits per heavy atom. The summed E-state index contributed by atoms with van der Waals surface area (Å²) in [4.78, 5) is 15.3. The van der Waals surface area contributed by atoms with Crippen LogP contribution < -0.4 is 5.32 Å². The monoisotopic (exact) mass is 318 g/mol. The van der Waals surface area contributed by atoms with Crippen molar-refractivity contribution in [1.29, 1.82) is 0 Å². The summed E-state index contributed by atoms with van der Waals surface area (Å²) in [5, 5.41) is 2.40. The predicted molar refractivity (Wildman–Crippen MR) is 69.4 cm³/mol. The second kappa shape index (κ2) is 5.92. The lowest BCUT2D eigenvalue weighted by molar-refractivity contribution is -0.113. The van der Waals surface area contributed by atoms with Crippen LogP contribution in [0.1, 0.15) is 0 Å². The Hall–Kier alpha value is -1.21. The maximum atomic E-state index is 11.4. The summed E-state index contributed by atoms with van der Waals surface area (Å²) in [6.07, 6.45) is 2.76. The molecular weight excluding hydrogens is 308 g/mol. The molecule has 0 radical (unpaired) electrons. The minimum atomic E-state index is -3.43. The van der Waals surface area contributed by atoms with Crippen molar-refractivity contribution in [2.75, 3.05) is 16.8 Å². The van der Waals surface area contributed by atoms with E-state index in [1.807, 2.05) is 0 Å². The molecule has 1 N–H and O–H groups in total. The molecule has 0 spiro atoms. The zero-order valence-electron chi connectivity index (χ0n) is 8.89. The number of carbonyl (C=O) groups is 1. The van der Waals surface area contributed by atoms with Gasteiger partial charge >= 0.3 is 0 Å². The lowest BCUT2D eigenvalue weighted by Gasteiger charge is -2.04. The molecule has 92 valence electrons. The second-order valence-electron chi connectivity index (χ2n) is 3.25. The fourth-order valence-corrected chi connectivity index (χ4v) is 2.25. The van der Waals surface area contributed by atoms with Crippen LogP contribution in [0.2, 0.25) is 0 Å². The van der Waals surface area contributed by atoms with Crippen molar-refractivity contribution in [1.82, 2.24) is 4.98 Å². The number of sulfone groups is 1. The number of hydrogen-bond donors (Lipinski definition) is 1. The highest BCUT2D eigenvalue weighted by Gasteiger charge is 2.15. The highest BCUT2D eigenvalue weighted by Crippen LogP contribution is 2.10. The average Bonchev–Trinajstić information content (AvgIpc) is 2.20. The van der Waals surface area contributed by atoms with Gasteiger partial charge in [0.25, 0.3) is 0 Å². The number of carbonyl (C=O) groups excluding carboxylic acids is 1. The van der Waals surface area contributed by atoms with E-state index >= 15 is 0 Å². The molecule has 0 saturated heterocycles. The van der Waals surface area contributed by atoms with Crippen LogP contribution in [0.4, 0.5) is 5.82 Å². The number of hydrogen-bond acceptors (Lipinski definition) is 4. The van der Waals surface area contributed by atoms with Gasteiger partial charge in [-0.2, -0.15) is 0 Å².